The topological polar surface area (TPSA) is 89.6 Å². The molecule has 1 amide bonds. The highest BCUT2D eigenvalue weighted by Crippen LogP contribution is 2.36. The number of nitrogens with zero attached hydrogens (tertiary/aromatic N) is 3. The minimum atomic E-state index is -0.0588. The van der Waals surface area contributed by atoms with Crippen molar-refractivity contribution >= 4 is 29.4 Å². The average molecular weight is 459 g/mol. The second kappa shape index (κ2) is 11.4. The van der Waals surface area contributed by atoms with Crippen LogP contribution in [0.15, 0.2) is 69.5 Å². The Balaban J connectivity index is 1.86. The van der Waals surface area contributed by atoms with E-state index in [-0.39, 0.29) is 5.91 Å². The van der Waals surface area contributed by atoms with E-state index in [1.54, 1.807) is 0 Å². The van der Waals surface area contributed by atoms with Crippen molar-refractivity contribution in [3.63, 3.8) is 0 Å². The summed E-state index contributed by atoms with van der Waals surface area (Å²) in [5, 5.41) is 23.7. The number of pyridine rings is 1. The molecule has 0 spiro atoms. The molecule has 3 aromatic rings. The van der Waals surface area contributed by atoms with Crippen LogP contribution in [0.5, 0.6) is 0 Å². The highest BCUT2D eigenvalue weighted by Gasteiger charge is 2.20. The minimum absolute atomic E-state index is 0.0588. The van der Waals surface area contributed by atoms with E-state index in [1.165, 1.54) is 30.4 Å². The lowest BCUT2D eigenvalue weighted by atomic mass is 10.0. The Morgan fingerprint density at radius 2 is 1.59 bits per heavy atom. The molecule has 0 aliphatic carbocycles. The smallest absolute Gasteiger partial charge is 0.217 e. The summed E-state index contributed by atoms with van der Waals surface area (Å²) in [6.07, 6.45) is 0.585. The van der Waals surface area contributed by atoms with Gasteiger partial charge < -0.3 is 5.32 Å². The molecular weight excluding hydrogens is 436 g/mol. The van der Waals surface area contributed by atoms with Crippen LogP contribution < -0.4 is 5.32 Å². The number of aromatic nitrogens is 1. The highest BCUT2D eigenvalue weighted by atomic mass is 32.2. The molecular formula is C25H22N4OS2. The van der Waals surface area contributed by atoms with Crippen molar-refractivity contribution in [2.75, 3.05) is 0 Å². The molecule has 3 rings (SSSR count). The molecule has 0 aliphatic heterocycles. The molecule has 0 bridgehead atoms. The maximum absolute atomic E-state index is 11.1. The zero-order valence-electron chi connectivity index (χ0n) is 17.9. The number of carbonyl (C=O) groups excluding carboxylic acids is 1. The largest absolute Gasteiger partial charge is 0.352 e. The normalized spacial score (nSPS) is 10.2. The first-order valence-electron chi connectivity index (χ1n) is 10.1. The van der Waals surface area contributed by atoms with Crippen LogP contribution in [-0.4, -0.2) is 10.9 Å². The summed E-state index contributed by atoms with van der Waals surface area (Å²) < 4.78 is 0. The quantitative estimate of drug-likeness (QED) is 0.450. The van der Waals surface area contributed by atoms with Crippen molar-refractivity contribution in [1.29, 1.82) is 10.5 Å². The van der Waals surface area contributed by atoms with Gasteiger partial charge in [0.1, 0.15) is 22.2 Å². The third-order valence-electron chi connectivity index (χ3n) is 4.71. The van der Waals surface area contributed by atoms with Crippen LogP contribution in [-0.2, 0) is 23.5 Å². The van der Waals surface area contributed by atoms with Crippen LogP contribution in [0.2, 0.25) is 0 Å². The maximum atomic E-state index is 11.1. The van der Waals surface area contributed by atoms with Gasteiger partial charge in [0.15, 0.2) is 0 Å². The lowest BCUT2D eigenvalue weighted by Gasteiger charge is -2.13. The van der Waals surface area contributed by atoms with E-state index >= 15 is 0 Å². The molecule has 0 saturated carbocycles. The Bertz CT molecular complexity index is 1180. The predicted octanol–water partition coefficient (Wildman–Crippen LogP) is 5.47. The van der Waals surface area contributed by atoms with Gasteiger partial charge in [-0.2, -0.15) is 10.5 Å². The van der Waals surface area contributed by atoms with Crippen molar-refractivity contribution < 1.29 is 4.79 Å². The number of nitriles is 2. The molecule has 0 radical (unpaired) electrons. The van der Waals surface area contributed by atoms with Crippen LogP contribution in [0.3, 0.4) is 0 Å². The van der Waals surface area contributed by atoms with Crippen LogP contribution in [0.25, 0.3) is 0 Å². The molecule has 1 N–H and O–H groups in total. The van der Waals surface area contributed by atoms with Gasteiger partial charge in [-0.1, -0.05) is 61.2 Å². The number of amides is 1. The Morgan fingerprint density at radius 3 is 2.19 bits per heavy atom. The van der Waals surface area contributed by atoms with Crippen LogP contribution in [0.4, 0.5) is 0 Å². The molecule has 32 heavy (non-hydrogen) atoms. The molecule has 1 aromatic heterocycles. The third kappa shape index (κ3) is 5.91. The van der Waals surface area contributed by atoms with Gasteiger partial charge in [0, 0.05) is 24.1 Å². The van der Waals surface area contributed by atoms with Gasteiger partial charge in [0.2, 0.25) is 5.91 Å². The molecule has 1 heterocycles. The predicted molar refractivity (Wildman–Crippen MR) is 127 cm³/mol. The summed E-state index contributed by atoms with van der Waals surface area (Å²) in [6, 6.07) is 22.3. The Morgan fingerprint density at radius 1 is 0.969 bits per heavy atom. The zero-order valence-corrected chi connectivity index (χ0v) is 19.5. The molecule has 0 atom stereocenters. The SMILES string of the molecule is CCc1c(C#N)c(SCc2ccc(CNC(C)=O)cc2)nc(Sc2ccccc2)c1C#N. The van der Waals surface area contributed by atoms with Gasteiger partial charge in [-0.25, -0.2) is 4.98 Å². The average Bonchev–Trinajstić information content (AvgIpc) is 2.82. The van der Waals surface area contributed by atoms with Crippen LogP contribution >= 0.6 is 23.5 Å². The second-order valence-electron chi connectivity index (χ2n) is 6.96. The van der Waals surface area contributed by atoms with E-state index in [4.69, 9.17) is 4.98 Å². The molecule has 0 aliphatic rings. The second-order valence-corrected chi connectivity index (χ2v) is 8.98. The summed E-state index contributed by atoms with van der Waals surface area (Å²) in [6.45, 7) is 3.95. The summed E-state index contributed by atoms with van der Waals surface area (Å²) in [5.74, 6) is 0.587. The van der Waals surface area contributed by atoms with Crippen LogP contribution in [0.1, 0.15) is 41.7 Å². The first kappa shape index (κ1) is 23.4. The molecule has 0 unspecified atom stereocenters. The molecule has 5 nitrogen and oxygen atoms in total. The fourth-order valence-electron chi connectivity index (χ4n) is 3.08. The lowest BCUT2D eigenvalue weighted by Crippen LogP contribution is -2.18. The van der Waals surface area contributed by atoms with E-state index in [0.29, 0.717) is 39.9 Å². The number of nitrogens with one attached hydrogen (secondary N) is 1. The van der Waals surface area contributed by atoms with E-state index in [9.17, 15) is 15.3 Å². The molecule has 160 valence electrons. The first-order chi connectivity index (χ1) is 15.5. The molecule has 7 heteroatoms. The zero-order chi connectivity index (χ0) is 22.9. The summed E-state index contributed by atoms with van der Waals surface area (Å²) >= 11 is 2.94. The molecule has 0 fully saturated rings. The Hall–Kier alpha value is -3.26. The van der Waals surface area contributed by atoms with Crippen molar-refractivity contribution in [1.82, 2.24) is 10.3 Å². The van der Waals surface area contributed by atoms with E-state index in [2.05, 4.69) is 17.5 Å². The van der Waals surface area contributed by atoms with Crippen molar-refractivity contribution in [2.45, 2.75) is 47.5 Å². The van der Waals surface area contributed by atoms with Gasteiger partial charge in [0.25, 0.3) is 0 Å². The summed E-state index contributed by atoms with van der Waals surface area (Å²) in [5.41, 5.74) is 3.82. The Kier molecular flexibility index (Phi) is 8.33. The van der Waals surface area contributed by atoms with Gasteiger partial charge in [-0.05, 0) is 35.2 Å². The number of hydrogen-bond acceptors (Lipinski definition) is 6. The fourth-order valence-corrected chi connectivity index (χ4v) is 5.03. The monoisotopic (exact) mass is 458 g/mol. The number of hydrogen-bond donors (Lipinski definition) is 1. The highest BCUT2D eigenvalue weighted by molar-refractivity contribution is 7.99. The number of rotatable bonds is 8. The van der Waals surface area contributed by atoms with Crippen LogP contribution in [0, 0.1) is 22.7 Å². The van der Waals surface area contributed by atoms with Crippen molar-refractivity contribution in [2.24, 2.45) is 0 Å². The van der Waals surface area contributed by atoms with Crippen molar-refractivity contribution in [3.05, 3.63) is 82.4 Å². The van der Waals surface area contributed by atoms with Gasteiger partial charge >= 0.3 is 0 Å². The molecule has 0 saturated heterocycles. The lowest BCUT2D eigenvalue weighted by molar-refractivity contribution is -0.119. The van der Waals surface area contributed by atoms with E-state index in [1.807, 2.05) is 61.5 Å². The summed E-state index contributed by atoms with van der Waals surface area (Å²) in [7, 11) is 0. The first-order valence-corrected chi connectivity index (χ1v) is 11.9. The van der Waals surface area contributed by atoms with E-state index in [0.717, 1.165) is 21.6 Å². The number of thioether (sulfide) groups is 1. The maximum Gasteiger partial charge on any atom is 0.217 e. The fraction of sp³-hybridized carbons (Fsp3) is 0.200. The third-order valence-corrected chi connectivity index (χ3v) is 6.75. The minimum Gasteiger partial charge on any atom is -0.352 e. The summed E-state index contributed by atoms with van der Waals surface area (Å²) in [4.78, 5) is 16.8. The number of benzene rings is 2. The molecule has 2 aromatic carbocycles. The standard InChI is InChI=1S/C25H22N4OS2/c1-3-21-22(13-26)24(29-25(23(21)14-27)32-20-7-5-4-6-8-20)31-16-19-11-9-18(10-12-19)15-28-17(2)30/h4-12H,3,15-16H2,1-2H3,(H,28,30). The Labute approximate surface area is 196 Å². The number of carbonyl (C=O) groups is 1. The van der Waals surface area contributed by atoms with Gasteiger partial charge in [-0.3, -0.25) is 4.79 Å². The van der Waals surface area contributed by atoms with Gasteiger partial charge in [0.05, 0.1) is 11.1 Å². The van der Waals surface area contributed by atoms with Gasteiger partial charge in [-0.15, -0.1) is 11.8 Å². The van der Waals surface area contributed by atoms with Crippen molar-refractivity contribution in [3.8, 4) is 12.1 Å². The van der Waals surface area contributed by atoms with E-state index < -0.39 is 0 Å².